The van der Waals surface area contributed by atoms with Gasteiger partial charge < -0.3 is 0 Å². The van der Waals surface area contributed by atoms with Crippen LogP contribution in [-0.2, 0) is 21.0 Å². The quantitative estimate of drug-likeness (QED) is 0.590. The normalized spacial score (nSPS) is 12.3. The van der Waals surface area contributed by atoms with Crippen LogP contribution in [0.5, 0.6) is 0 Å². The monoisotopic (exact) mass is 385 g/mol. The lowest BCUT2D eigenvalue weighted by molar-refractivity contribution is -0.137. The molecular formula is C16H14F3N3O3S. The van der Waals surface area contributed by atoms with Crippen LogP contribution in [0.25, 0.3) is 0 Å². The lowest BCUT2D eigenvalue weighted by atomic mass is 10.1. The Labute approximate surface area is 147 Å². The second-order valence-corrected chi connectivity index (χ2v) is 6.78. The average molecular weight is 385 g/mol. The standard InChI is InChI=1S/C16H14F3N3O3S/c17-16(18,19)14-9-5-4-6-12(14)10-20-22-15(23)11-21-26(24,25)13-7-2-1-3-8-13/h1-10,21H,11H2,(H,22,23)/b20-10-. The number of benzene rings is 2. The molecular weight excluding hydrogens is 371 g/mol. The molecule has 0 aliphatic heterocycles. The third-order valence-corrected chi connectivity index (χ3v) is 4.55. The first kappa shape index (κ1) is 19.6. The Bertz CT molecular complexity index is 898. The van der Waals surface area contributed by atoms with Crippen molar-refractivity contribution in [1.82, 2.24) is 10.1 Å². The molecule has 138 valence electrons. The molecule has 1 amide bonds. The number of carbonyl (C=O) groups excluding carboxylic acids is 1. The van der Waals surface area contributed by atoms with Gasteiger partial charge in [-0.2, -0.15) is 18.3 Å². The molecule has 0 saturated heterocycles. The molecule has 2 rings (SSSR count). The SMILES string of the molecule is O=C(CNS(=O)(=O)c1ccccc1)N/N=C\c1ccccc1C(F)(F)F. The molecule has 0 aliphatic rings. The molecule has 2 aromatic carbocycles. The fourth-order valence-electron chi connectivity index (χ4n) is 1.92. The van der Waals surface area contributed by atoms with Crippen LogP contribution in [0.1, 0.15) is 11.1 Å². The van der Waals surface area contributed by atoms with Crippen LogP contribution in [0.2, 0.25) is 0 Å². The van der Waals surface area contributed by atoms with Crippen molar-refractivity contribution in [2.45, 2.75) is 11.1 Å². The molecule has 10 heteroatoms. The van der Waals surface area contributed by atoms with E-state index < -0.39 is 34.2 Å². The molecule has 0 spiro atoms. The van der Waals surface area contributed by atoms with Crippen molar-refractivity contribution in [3.8, 4) is 0 Å². The van der Waals surface area contributed by atoms with Crippen molar-refractivity contribution < 1.29 is 26.4 Å². The zero-order valence-electron chi connectivity index (χ0n) is 13.2. The summed E-state index contributed by atoms with van der Waals surface area (Å²) in [6.07, 6.45) is -3.72. The van der Waals surface area contributed by atoms with Crippen LogP contribution in [0.4, 0.5) is 13.2 Å². The van der Waals surface area contributed by atoms with Gasteiger partial charge in [-0.25, -0.2) is 18.6 Å². The summed E-state index contributed by atoms with van der Waals surface area (Å²) in [5.74, 6) is -0.828. The number of alkyl halides is 3. The highest BCUT2D eigenvalue weighted by molar-refractivity contribution is 7.89. The van der Waals surface area contributed by atoms with E-state index in [-0.39, 0.29) is 10.5 Å². The minimum absolute atomic E-state index is 0.0181. The van der Waals surface area contributed by atoms with E-state index in [4.69, 9.17) is 0 Å². The Kier molecular flexibility index (Phi) is 6.11. The second kappa shape index (κ2) is 8.11. The Morgan fingerprint density at radius 1 is 1.04 bits per heavy atom. The fourth-order valence-corrected chi connectivity index (χ4v) is 2.93. The van der Waals surface area contributed by atoms with E-state index in [1.807, 2.05) is 5.43 Å². The van der Waals surface area contributed by atoms with Crippen LogP contribution in [0.3, 0.4) is 0 Å². The lowest BCUT2D eigenvalue weighted by Gasteiger charge is -2.09. The van der Waals surface area contributed by atoms with Crippen LogP contribution in [0, 0.1) is 0 Å². The van der Waals surface area contributed by atoms with E-state index in [2.05, 4.69) is 9.82 Å². The summed E-state index contributed by atoms with van der Waals surface area (Å²) in [5, 5.41) is 3.43. The third-order valence-electron chi connectivity index (χ3n) is 3.14. The number of rotatable bonds is 6. The largest absolute Gasteiger partial charge is 0.417 e. The van der Waals surface area contributed by atoms with Gasteiger partial charge >= 0.3 is 6.18 Å². The highest BCUT2D eigenvalue weighted by Crippen LogP contribution is 2.30. The molecule has 0 aliphatic carbocycles. The molecule has 0 bridgehead atoms. The van der Waals surface area contributed by atoms with E-state index >= 15 is 0 Å². The van der Waals surface area contributed by atoms with Crippen molar-refractivity contribution in [2.75, 3.05) is 6.54 Å². The van der Waals surface area contributed by atoms with Crippen molar-refractivity contribution in [3.05, 3.63) is 65.7 Å². The number of nitrogens with one attached hydrogen (secondary N) is 2. The average Bonchev–Trinajstić information content (AvgIpc) is 2.60. The predicted octanol–water partition coefficient (Wildman–Crippen LogP) is 2.13. The van der Waals surface area contributed by atoms with Crippen molar-refractivity contribution in [1.29, 1.82) is 0 Å². The highest BCUT2D eigenvalue weighted by atomic mass is 32.2. The number of hydrogen-bond acceptors (Lipinski definition) is 4. The topological polar surface area (TPSA) is 87.6 Å². The summed E-state index contributed by atoms with van der Waals surface area (Å²) >= 11 is 0. The van der Waals surface area contributed by atoms with Gasteiger partial charge in [0.15, 0.2) is 0 Å². The molecule has 0 unspecified atom stereocenters. The zero-order valence-corrected chi connectivity index (χ0v) is 14.0. The molecule has 26 heavy (non-hydrogen) atoms. The van der Waals surface area contributed by atoms with Crippen LogP contribution in [-0.4, -0.2) is 27.1 Å². The maximum atomic E-state index is 12.8. The lowest BCUT2D eigenvalue weighted by Crippen LogP contribution is -2.34. The number of hydrogen-bond donors (Lipinski definition) is 2. The van der Waals surface area contributed by atoms with E-state index in [1.54, 1.807) is 6.07 Å². The number of amides is 1. The Morgan fingerprint density at radius 2 is 1.65 bits per heavy atom. The zero-order chi connectivity index (χ0) is 19.2. The van der Waals surface area contributed by atoms with Gasteiger partial charge in [0.25, 0.3) is 5.91 Å². The minimum Gasteiger partial charge on any atom is -0.272 e. The molecule has 2 N–H and O–H groups in total. The summed E-state index contributed by atoms with van der Waals surface area (Å²) in [6, 6.07) is 12.1. The van der Waals surface area contributed by atoms with Gasteiger partial charge in [-0.3, -0.25) is 4.79 Å². The maximum Gasteiger partial charge on any atom is 0.417 e. The number of carbonyl (C=O) groups is 1. The Hall–Kier alpha value is -2.72. The molecule has 0 fully saturated rings. The maximum absolute atomic E-state index is 12.8. The van der Waals surface area contributed by atoms with Gasteiger partial charge in [-0.15, -0.1) is 0 Å². The first-order chi connectivity index (χ1) is 12.2. The molecule has 0 radical (unpaired) electrons. The van der Waals surface area contributed by atoms with Gasteiger partial charge in [0.1, 0.15) is 0 Å². The molecule has 6 nitrogen and oxygen atoms in total. The fraction of sp³-hybridized carbons (Fsp3) is 0.125. The first-order valence-corrected chi connectivity index (χ1v) is 8.71. The summed E-state index contributed by atoms with van der Waals surface area (Å²) < 4.78 is 64.4. The molecule has 2 aromatic rings. The number of nitrogens with zero attached hydrogens (tertiary/aromatic N) is 1. The number of halogens is 3. The minimum atomic E-state index is -4.56. The molecule has 0 atom stereocenters. The Morgan fingerprint density at radius 3 is 2.31 bits per heavy atom. The molecule has 0 saturated carbocycles. The summed E-state index contributed by atoms with van der Waals surface area (Å²) in [6.45, 7) is -0.616. The molecule has 0 heterocycles. The van der Waals surface area contributed by atoms with Gasteiger partial charge in [0.05, 0.1) is 23.2 Å². The summed E-state index contributed by atoms with van der Waals surface area (Å²) in [4.78, 5) is 11.6. The van der Waals surface area contributed by atoms with Crippen LogP contribution < -0.4 is 10.1 Å². The summed E-state index contributed by atoms with van der Waals surface area (Å²) in [7, 11) is -3.87. The van der Waals surface area contributed by atoms with E-state index in [1.165, 1.54) is 42.5 Å². The van der Waals surface area contributed by atoms with Crippen LogP contribution in [0.15, 0.2) is 64.6 Å². The van der Waals surface area contributed by atoms with Crippen LogP contribution >= 0.6 is 0 Å². The van der Waals surface area contributed by atoms with Crippen molar-refractivity contribution >= 4 is 22.1 Å². The second-order valence-electron chi connectivity index (χ2n) is 5.02. The highest BCUT2D eigenvalue weighted by Gasteiger charge is 2.32. The van der Waals surface area contributed by atoms with Gasteiger partial charge in [-0.05, 0) is 18.2 Å². The van der Waals surface area contributed by atoms with Gasteiger partial charge in [0, 0.05) is 5.56 Å². The first-order valence-electron chi connectivity index (χ1n) is 7.23. The van der Waals surface area contributed by atoms with E-state index in [0.29, 0.717) is 0 Å². The van der Waals surface area contributed by atoms with Gasteiger partial charge in [-0.1, -0.05) is 36.4 Å². The van der Waals surface area contributed by atoms with E-state index in [0.717, 1.165) is 12.3 Å². The number of hydrazone groups is 1. The molecule has 0 aromatic heterocycles. The van der Waals surface area contributed by atoms with Crippen molar-refractivity contribution in [3.63, 3.8) is 0 Å². The van der Waals surface area contributed by atoms with Crippen molar-refractivity contribution in [2.24, 2.45) is 5.10 Å². The predicted molar refractivity (Wildman–Crippen MR) is 88.8 cm³/mol. The smallest absolute Gasteiger partial charge is 0.272 e. The summed E-state index contributed by atoms with van der Waals surface area (Å²) in [5.41, 5.74) is 0.839. The number of sulfonamides is 1. The van der Waals surface area contributed by atoms with E-state index in [9.17, 15) is 26.4 Å². The van der Waals surface area contributed by atoms with Gasteiger partial charge in [0.2, 0.25) is 10.0 Å². The Balaban J connectivity index is 1.95. The third kappa shape index (κ3) is 5.39.